The van der Waals surface area contributed by atoms with E-state index in [9.17, 15) is 4.79 Å². The Kier molecular flexibility index (Phi) is 3.67. The monoisotopic (exact) mass is 234 g/mol. The molecule has 3 nitrogen and oxygen atoms in total. The fraction of sp³-hybridized carbons (Fsp3) is 0.643. The van der Waals surface area contributed by atoms with Crippen LogP contribution in [0.15, 0.2) is 18.5 Å². The molecule has 2 atom stereocenters. The minimum absolute atomic E-state index is 0.242. The van der Waals surface area contributed by atoms with Crippen LogP contribution in [0.3, 0.4) is 0 Å². The van der Waals surface area contributed by atoms with E-state index in [1.165, 1.54) is 12.8 Å². The minimum atomic E-state index is 0.242. The molecule has 0 saturated carbocycles. The van der Waals surface area contributed by atoms with Crippen LogP contribution in [-0.4, -0.2) is 34.4 Å². The number of Topliss-reactive ketones (excluding diaryl/α,β-unsaturated/α-hetero) is 1. The molecule has 1 fully saturated rings. The lowest BCUT2D eigenvalue weighted by Crippen LogP contribution is -2.44. The van der Waals surface area contributed by atoms with Crippen molar-refractivity contribution in [3.8, 4) is 0 Å². The quantitative estimate of drug-likeness (QED) is 0.750. The Hall–Kier alpha value is -1.09. The standard InChI is InChI=1S/C14H22N2O/c1-11-5-4-7-16(12(11)2)10-14(17)13-6-8-15(3)9-13/h6,8-9,11-12H,4-5,7,10H2,1-3H3. The fourth-order valence-electron chi connectivity index (χ4n) is 2.59. The van der Waals surface area contributed by atoms with Crippen LogP contribution in [0.5, 0.6) is 0 Å². The number of nitrogens with zero attached hydrogens (tertiary/aromatic N) is 2. The second kappa shape index (κ2) is 5.05. The smallest absolute Gasteiger partial charge is 0.178 e. The van der Waals surface area contributed by atoms with Gasteiger partial charge >= 0.3 is 0 Å². The lowest BCUT2D eigenvalue weighted by Gasteiger charge is -2.37. The number of ketones is 1. The number of likely N-dealkylation sites (tertiary alicyclic amines) is 1. The van der Waals surface area contributed by atoms with Crippen LogP contribution in [0.1, 0.15) is 37.0 Å². The van der Waals surface area contributed by atoms with Gasteiger partial charge in [-0.05, 0) is 38.3 Å². The summed E-state index contributed by atoms with van der Waals surface area (Å²) in [6.07, 6.45) is 6.33. The molecule has 0 aromatic carbocycles. The highest BCUT2D eigenvalue weighted by molar-refractivity contribution is 5.97. The van der Waals surface area contributed by atoms with Gasteiger partial charge in [-0.25, -0.2) is 0 Å². The van der Waals surface area contributed by atoms with Crippen molar-refractivity contribution < 1.29 is 4.79 Å². The van der Waals surface area contributed by atoms with Gasteiger partial charge in [-0.1, -0.05) is 6.92 Å². The Bertz CT molecular complexity index is 397. The van der Waals surface area contributed by atoms with Gasteiger partial charge in [0.1, 0.15) is 0 Å². The summed E-state index contributed by atoms with van der Waals surface area (Å²) >= 11 is 0. The summed E-state index contributed by atoms with van der Waals surface area (Å²) in [4.78, 5) is 14.4. The number of aryl methyl sites for hydroxylation is 1. The molecule has 3 heteroatoms. The Morgan fingerprint density at radius 2 is 2.24 bits per heavy atom. The van der Waals surface area contributed by atoms with Gasteiger partial charge in [0.2, 0.25) is 0 Å². The normalized spacial score (nSPS) is 26.1. The first-order valence-corrected chi connectivity index (χ1v) is 6.47. The molecule has 1 aliphatic rings. The summed E-state index contributed by atoms with van der Waals surface area (Å²) < 4.78 is 1.93. The van der Waals surface area contributed by atoms with Crippen LogP contribution in [-0.2, 0) is 7.05 Å². The highest BCUT2D eigenvalue weighted by atomic mass is 16.1. The minimum Gasteiger partial charge on any atom is -0.357 e. The Balaban J connectivity index is 1.98. The summed E-state index contributed by atoms with van der Waals surface area (Å²) in [5, 5.41) is 0. The number of piperidine rings is 1. The number of hydrogen-bond donors (Lipinski definition) is 0. The highest BCUT2D eigenvalue weighted by Crippen LogP contribution is 2.22. The summed E-state index contributed by atoms with van der Waals surface area (Å²) in [6, 6.07) is 2.43. The van der Waals surface area contributed by atoms with E-state index in [1.807, 2.05) is 30.1 Å². The maximum Gasteiger partial charge on any atom is 0.178 e. The third kappa shape index (κ3) is 2.78. The number of rotatable bonds is 3. The van der Waals surface area contributed by atoms with Crippen molar-refractivity contribution in [3.63, 3.8) is 0 Å². The first-order chi connectivity index (χ1) is 8.08. The van der Waals surface area contributed by atoms with Gasteiger partial charge in [-0.2, -0.15) is 0 Å². The molecule has 0 N–H and O–H groups in total. The largest absolute Gasteiger partial charge is 0.357 e. The average molecular weight is 234 g/mol. The highest BCUT2D eigenvalue weighted by Gasteiger charge is 2.26. The molecule has 2 unspecified atom stereocenters. The van der Waals surface area contributed by atoms with Crippen LogP contribution >= 0.6 is 0 Å². The number of carbonyl (C=O) groups excluding carboxylic acids is 1. The maximum atomic E-state index is 12.1. The van der Waals surface area contributed by atoms with Crippen molar-refractivity contribution in [1.29, 1.82) is 0 Å². The predicted octanol–water partition coefficient (Wildman–Crippen LogP) is 2.33. The molecule has 2 heterocycles. The Morgan fingerprint density at radius 1 is 1.47 bits per heavy atom. The van der Waals surface area contributed by atoms with Gasteiger partial charge in [-0.3, -0.25) is 9.69 Å². The van der Waals surface area contributed by atoms with E-state index in [0.717, 1.165) is 12.1 Å². The molecule has 1 aliphatic heterocycles. The van der Waals surface area contributed by atoms with Crippen molar-refractivity contribution >= 4 is 5.78 Å². The van der Waals surface area contributed by atoms with E-state index in [1.54, 1.807) is 0 Å². The zero-order valence-electron chi connectivity index (χ0n) is 11.0. The van der Waals surface area contributed by atoms with Crippen LogP contribution < -0.4 is 0 Å². The SMILES string of the molecule is CC1CCCN(CC(=O)c2ccn(C)c2)C1C. The van der Waals surface area contributed by atoms with E-state index in [2.05, 4.69) is 18.7 Å². The number of aromatic nitrogens is 1. The van der Waals surface area contributed by atoms with Crippen molar-refractivity contribution in [2.45, 2.75) is 32.7 Å². The molecule has 17 heavy (non-hydrogen) atoms. The first-order valence-electron chi connectivity index (χ1n) is 6.47. The van der Waals surface area contributed by atoms with Gasteiger partial charge in [0.25, 0.3) is 0 Å². The molecule has 1 aromatic heterocycles. The molecule has 0 aliphatic carbocycles. The Morgan fingerprint density at radius 3 is 2.88 bits per heavy atom. The molecule has 0 radical (unpaired) electrons. The van der Waals surface area contributed by atoms with Gasteiger partial charge in [0, 0.05) is 31.0 Å². The van der Waals surface area contributed by atoms with Crippen LogP contribution in [0.25, 0.3) is 0 Å². The molecule has 94 valence electrons. The molecule has 1 saturated heterocycles. The van der Waals surface area contributed by atoms with Crippen LogP contribution in [0, 0.1) is 5.92 Å². The molecule has 0 bridgehead atoms. The molecule has 2 rings (SSSR count). The van der Waals surface area contributed by atoms with Gasteiger partial charge < -0.3 is 4.57 Å². The van der Waals surface area contributed by atoms with E-state index in [-0.39, 0.29) is 5.78 Å². The second-order valence-electron chi connectivity index (χ2n) is 5.32. The number of hydrogen-bond acceptors (Lipinski definition) is 2. The summed E-state index contributed by atoms with van der Waals surface area (Å²) in [5.74, 6) is 0.943. The van der Waals surface area contributed by atoms with E-state index in [0.29, 0.717) is 18.5 Å². The maximum absolute atomic E-state index is 12.1. The lowest BCUT2D eigenvalue weighted by molar-refractivity contribution is 0.0779. The number of carbonyl (C=O) groups is 1. The summed E-state index contributed by atoms with van der Waals surface area (Å²) in [5.41, 5.74) is 0.831. The molecular formula is C14H22N2O. The van der Waals surface area contributed by atoms with Gasteiger partial charge in [-0.15, -0.1) is 0 Å². The van der Waals surface area contributed by atoms with Crippen molar-refractivity contribution in [1.82, 2.24) is 9.47 Å². The van der Waals surface area contributed by atoms with Crippen molar-refractivity contribution in [3.05, 3.63) is 24.0 Å². The first kappa shape index (κ1) is 12.4. The Labute approximate surface area is 103 Å². The fourth-order valence-corrected chi connectivity index (χ4v) is 2.59. The zero-order chi connectivity index (χ0) is 12.4. The average Bonchev–Trinajstić information content (AvgIpc) is 2.72. The van der Waals surface area contributed by atoms with Gasteiger partial charge in [0.15, 0.2) is 5.78 Å². The molecule has 0 spiro atoms. The van der Waals surface area contributed by atoms with Crippen LogP contribution in [0.4, 0.5) is 0 Å². The van der Waals surface area contributed by atoms with Crippen molar-refractivity contribution in [2.24, 2.45) is 13.0 Å². The topological polar surface area (TPSA) is 25.2 Å². The zero-order valence-corrected chi connectivity index (χ0v) is 11.0. The third-order valence-electron chi connectivity index (χ3n) is 4.00. The summed E-state index contributed by atoms with van der Waals surface area (Å²) in [7, 11) is 1.95. The van der Waals surface area contributed by atoms with Crippen molar-refractivity contribution in [2.75, 3.05) is 13.1 Å². The summed E-state index contributed by atoms with van der Waals surface area (Å²) in [6.45, 7) is 6.14. The van der Waals surface area contributed by atoms with Crippen LogP contribution in [0.2, 0.25) is 0 Å². The molecule has 0 amide bonds. The van der Waals surface area contributed by atoms with Gasteiger partial charge in [0.05, 0.1) is 6.54 Å². The third-order valence-corrected chi connectivity index (χ3v) is 4.00. The molecular weight excluding hydrogens is 212 g/mol. The van der Waals surface area contributed by atoms with E-state index in [4.69, 9.17) is 0 Å². The molecule has 1 aromatic rings. The predicted molar refractivity (Wildman–Crippen MR) is 69.2 cm³/mol. The lowest BCUT2D eigenvalue weighted by atomic mass is 9.92. The van der Waals surface area contributed by atoms with E-state index >= 15 is 0 Å². The second-order valence-corrected chi connectivity index (χ2v) is 5.32. The van der Waals surface area contributed by atoms with E-state index < -0.39 is 0 Å².